The van der Waals surface area contributed by atoms with Crippen molar-refractivity contribution in [1.29, 1.82) is 0 Å². The molecule has 0 aliphatic heterocycles. The highest BCUT2D eigenvalue weighted by molar-refractivity contribution is 7.15. The van der Waals surface area contributed by atoms with Crippen LogP contribution in [0.15, 0.2) is 30.5 Å². The highest BCUT2D eigenvalue weighted by Gasteiger charge is 2.16. The lowest BCUT2D eigenvalue weighted by atomic mass is 10.1. The maximum atomic E-state index is 11.7. The van der Waals surface area contributed by atoms with Gasteiger partial charge in [0.05, 0.1) is 6.54 Å². The summed E-state index contributed by atoms with van der Waals surface area (Å²) in [4.78, 5) is 28.0. The molecule has 0 saturated carbocycles. The van der Waals surface area contributed by atoms with Crippen LogP contribution in [0.3, 0.4) is 0 Å². The highest BCUT2D eigenvalue weighted by Crippen LogP contribution is 2.25. The molecule has 152 valence electrons. The van der Waals surface area contributed by atoms with Crippen LogP contribution in [0.25, 0.3) is 10.6 Å². The first-order chi connectivity index (χ1) is 13.2. The first-order valence-corrected chi connectivity index (χ1v) is 10.3. The number of hydrogen-bond acceptors (Lipinski definition) is 5. The first kappa shape index (κ1) is 21.9. The molecule has 2 N–H and O–H groups in total. The van der Waals surface area contributed by atoms with Gasteiger partial charge in [-0.1, -0.05) is 24.3 Å². The largest absolute Gasteiger partial charge is 0.444 e. The van der Waals surface area contributed by atoms with Gasteiger partial charge in [0.15, 0.2) is 0 Å². The Labute approximate surface area is 170 Å². The van der Waals surface area contributed by atoms with Crippen LogP contribution in [0.2, 0.25) is 0 Å². The van der Waals surface area contributed by atoms with E-state index in [1.165, 1.54) is 12.5 Å². The minimum Gasteiger partial charge on any atom is -0.444 e. The Bertz CT molecular complexity index is 779. The number of carbonyl (C=O) groups excluding carboxylic acids is 2. The number of aryl methyl sites for hydroxylation is 1. The minimum absolute atomic E-state index is 0.0217. The number of carbonyl (C=O) groups is 2. The lowest BCUT2D eigenvalue weighted by Crippen LogP contribution is -2.31. The van der Waals surface area contributed by atoms with E-state index in [-0.39, 0.29) is 5.91 Å². The van der Waals surface area contributed by atoms with E-state index in [9.17, 15) is 9.59 Å². The van der Waals surface area contributed by atoms with Gasteiger partial charge < -0.3 is 15.4 Å². The molecule has 0 radical (unpaired) electrons. The quantitative estimate of drug-likeness (QED) is 0.644. The second kappa shape index (κ2) is 10.2. The number of benzene rings is 1. The molecule has 0 aliphatic rings. The molecule has 0 bridgehead atoms. The average Bonchev–Trinajstić information content (AvgIpc) is 3.07. The van der Waals surface area contributed by atoms with E-state index in [2.05, 4.69) is 39.9 Å². The minimum atomic E-state index is -0.505. The van der Waals surface area contributed by atoms with Gasteiger partial charge in [-0.05, 0) is 45.6 Å². The third-order valence-corrected chi connectivity index (χ3v) is 4.87. The molecule has 1 heterocycles. The number of aromatic nitrogens is 1. The zero-order valence-corrected chi connectivity index (χ0v) is 17.8. The summed E-state index contributed by atoms with van der Waals surface area (Å²) in [5, 5.41) is 6.49. The van der Waals surface area contributed by atoms with Gasteiger partial charge in [-0.15, -0.1) is 11.3 Å². The molecule has 1 aromatic heterocycles. The Morgan fingerprint density at radius 2 is 1.82 bits per heavy atom. The van der Waals surface area contributed by atoms with E-state index >= 15 is 0 Å². The van der Waals surface area contributed by atoms with Crippen molar-refractivity contribution in [3.05, 3.63) is 40.9 Å². The van der Waals surface area contributed by atoms with Gasteiger partial charge in [0.25, 0.3) is 0 Å². The van der Waals surface area contributed by atoms with E-state index in [0.717, 1.165) is 41.3 Å². The van der Waals surface area contributed by atoms with E-state index < -0.39 is 11.7 Å². The molecule has 0 atom stereocenters. The standard InChI is InChI=1S/C21H29N3O3S/c1-15(25)22-12-6-5-7-16-8-10-17(11-9-16)19-23-13-18(28-19)14-24-20(26)27-21(2,3)4/h8-11,13H,5-7,12,14H2,1-4H3,(H,22,25)(H,24,26). The van der Waals surface area contributed by atoms with Crippen LogP contribution in [-0.4, -0.2) is 29.1 Å². The van der Waals surface area contributed by atoms with E-state index in [4.69, 9.17) is 4.74 Å². The monoisotopic (exact) mass is 403 g/mol. The van der Waals surface area contributed by atoms with Gasteiger partial charge in [-0.25, -0.2) is 9.78 Å². The predicted molar refractivity (Wildman–Crippen MR) is 112 cm³/mol. The smallest absolute Gasteiger partial charge is 0.407 e. The van der Waals surface area contributed by atoms with Crippen LogP contribution < -0.4 is 10.6 Å². The summed E-state index contributed by atoms with van der Waals surface area (Å²) < 4.78 is 5.24. The zero-order chi connectivity index (χ0) is 20.6. The van der Waals surface area contributed by atoms with Crippen molar-refractivity contribution in [1.82, 2.24) is 15.6 Å². The molecule has 6 nitrogen and oxygen atoms in total. The van der Waals surface area contributed by atoms with Crippen molar-refractivity contribution in [2.24, 2.45) is 0 Å². The summed E-state index contributed by atoms with van der Waals surface area (Å²) in [5.74, 6) is 0.0217. The van der Waals surface area contributed by atoms with Crippen LogP contribution in [0.1, 0.15) is 51.0 Å². The molecule has 2 amide bonds. The number of hydrogen-bond donors (Lipinski definition) is 2. The van der Waals surface area contributed by atoms with Crippen molar-refractivity contribution < 1.29 is 14.3 Å². The number of amides is 2. The Balaban J connectivity index is 1.81. The number of unbranched alkanes of at least 4 members (excludes halogenated alkanes) is 1. The zero-order valence-electron chi connectivity index (χ0n) is 17.0. The Hall–Kier alpha value is -2.41. The summed E-state index contributed by atoms with van der Waals surface area (Å²) in [5.41, 5.74) is 1.83. The number of thiazole rings is 1. The molecule has 0 unspecified atom stereocenters. The van der Waals surface area contributed by atoms with Crippen molar-refractivity contribution in [3.8, 4) is 10.6 Å². The molecular weight excluding hydrogens is 374 g/mol. The van der Waals surface area contributed by atoms with Gasteiger partial charge in [0.1, 0.15) is 10.6 Å². The highest BCUT2D eigenvalue weighted by atomic mass is 32.1. The summed E-state index contributed by atoms with van der Waals surface area (Å²) in [7, 11) is 0. The fourth-order valence-electron chi connectivity index (χ4n) is 2.53. The van der Waals surface area contributed by atoms with Gasteiger partial charge >= 0.3 is 6.09 Å². The number of nitrogens with one attached hydrogen (secondary N) is 2. The van der Waals surface area contributed by atoms with Crippen molar-refractivity contribution >= 4 is 23.3 Å². The van der Waals surface area contributed by atoms with Crippen LogP contribution in [0, 0.1) is 0 Å². The third kappa shape index (κ3) is 8.08. The molecular formula is C21H29N3O3S. The van der Waals surface area contributed by atoms with Crippen molar-refractivity contribution in [3.63, 3.8) is 0 Å². The Morgan fingerprint density at radius 3 is 2.46 bits per heavy atom. The normalized spacial score (nSPS) is 11.1. The maximum absolute atomic E-state index is 11.7. The second-order valence-electron chi connectivity index (χ2n) is 7.62. The molecule has 0 saturated heterocycles. The summed E-state index contributed by atoms with van der Waals surface area (Å²) >= 11 is 1.56. The number of rotatable bonds is 8. The summed E-state index contributed by atoms with van der Waals surface area (Å²) in [6, 6.07) is 8.39. The van der Waals surface area contributed by atoms with Crippen LogP contribution in [-0.2, 0) is 22.5 Å². The molecule has 28 heavy (non-hydrogen) atoms. The lowest BCUT2D eigenvalue weighted by Gasteiger charge is -2.19. The van der Waals surface area contributed by atoms with E-state index in [0.29, 0.717) is 6.54 Å². The fraction of sp³-hybridized carbons (Fsp3) is 0.476. The van der Waals surface area contributed by atoms with Crippen LogP contribution in [0.4, 0.5) is 4.79 Å². The molecule has 2 aromatic rings. The molecule has 0 fully saturated rings. The predicted octanol–water partition coefficient (Wildman–Crippen LogP) is 4.29. The molecule has 7 heteroatoms. The molecule has 0 aliphatic carbocycles. The molecule has 2 rings (SSSR count). The summed E-state index contributed by atoms with van der Waals surface area (Å²) in [6.45, 7) is 8.18. The number of ether oxygens (including phenoxy) is 1. The molecule has 1 aromatic carbocycles. The second-order valence-corrected chi connectivity index (χ2v) is 8.74. The van der Waals surface area contributed by atoms with Gasteiger partial charge in [0, 0.05) is 30.1 Å². The average molecular weight is 404 g/mol. The topological polar surface area (TPSA) is 80.3 Å². The Kier molecular flexibility index (Phi) is 7.99. The van der Waals surface area contributed by atoms with Gasteiger partial charge in [-0.3, -0.25) is 4.79 Å². The van der Waals surface area contributed by atoms with Crippen molar-refractivity contribution in [2.75, 3.05) is 6.54 Å². The first-order valence-electron chi connectivity index (χ1n) is 9.48. The fourth-order valence-corrected chi connectivity index (χ4v) is 3.39. The SMILES string of the molecule is CC(=O)NCCCCc1ccc(-c2ncc(CNC(=O)OC(C)(C)C)s2)cc1. The van der Waals surface area contributed by atoms with Crippen LogP contribution >= 0.6 is 11.3 Å². The number of alkyl carbamates (subject to hydrolysis) is 1. The summed E-state index contributed by atoms with van der Waals surface area (Å²) in [6.07, 6.45) is 4.36. The maximum Gasteiger partial charge on any atom is 0.407 e. The van der Waals surface area contributed by atoms with Crippen molar-refractivity contribution in [2.45, 2.75) is 59.1 Å². The van der Waals surface area contributed by atoms with Gasteiger partial charge in [0.2, 0.25) is 5.91 Å². The van der Waals surface area contributed by atoms with E-state index in [1.54, 1.807) is 17.5 Å². The Morgan fingerprint density at radius 1 is 1.11 bits per heavy atom. The van der Waals surface area contributed by atoms with Gasteiger partial charge in [-0.2, -0.15) is 0 Å². The third-order valence-electron chi connectivity index (χ3n) is 3.83. The number of nitrogens with zero attached hydrogens (tertiary/aromatic N) is 1. The van der Waals surface area contributed by atoms with E-state index in [1.807, 2.05) is 20.8 Å². The lowest BCUT2D eigenvalue weighted by molar-refractivity contribution is -0.118. The van der Waals surface area contributed by atoms with Crippen LogP contribution in [0.5, 0.6) is 0 Å². The molecule has 0 spiro atoms.